The molecule has 242 valence electrons. The van der Waals surface area contributed by atoms with E-state index in [4.69, 9.17) is 25.0 Å². The minimum atomic E-state index is -0.0681. The van der Waals surface area contributed by atoms with Crippen molar-refractivity contribution in [3.8, 4) is 23.5 Å². The number of thiophene rings is 1. The smallest absolute Gasteiger partial charge is 0.219 e. The molecule has 11 nitrogen and oxygen atoms in total. The number of hydrogen-bond acceptors (Lipinski definition) is 12. The lowest BCUT2D eigenvalue weighted by atomic mass is 9.81. The molecule has 6 rings (SSSR count). The Morgan fingerprint density at radius 2 is 2.02 bits per heavy atom. The van der Waals surface area contributed by atoms with Crippen LogP contribution in [0, 0.1) is 11.3 Å². The molecular weight excluding hydrogens is 588 g/mol. The molecule has 0 saturated carbocycles. The van der Waals surface area contributed by atoms with Crippen LogP contribution in [0.3, 0.4) is 0 Å². The van der Waals surface area contributed by atoms with Gasteiger partial charge in [0.25, 0.3) is 0 Å². The lowest BCUT2D eigenvalue weighted by Crippen LogP contribution is -2.47. The van der Waals surface area contributed by atoms with Gasteiger partial charge in [0, 0.05) is 61.2 Å². The number of nitrogens with zero attached hydrogens (tertiary/aromatic N) is 7. The van der Waals surface area contributed by atoms with Gasteiger partial charge in [-0.2, -0.15) is 10.2 Å². The first-order chi connectivity index (χ1) is 21.9. The highest BCUT2D eigenvalue weighted by Crippen LogP contribution is 2.47. The van der Waals surface area contributed by atoms with Crippen LogP contribution in [0.4, 0.5) is 10.8 Å². The summed E-state index contributed by atoms with van der Waals surface area (Å²) in [5.74, 6) is 2.61. The van der Waals surface area contributed by atoms with E-state index in [0.29, 0.717) is 40.5 Å². The summed E-state index contributed by atoms with van der Waals surface area (Å²) in [5, 5.41) is 24.7. The van der Waals surface area contributed by atoms with Gasteiger partial charge < -0.3 is 25.0 Å². The number of likely N-dealkylation sites (N-methyl/N-ethyl adjacent to an activating group) is 1. The molecule has 3 aromatic heterocycles. The Kier molecular flexibility index (Phi) is 9.90. The molecule has 0 spiro atoms. The number of rotatable bonds is 11. The van der Waals surface area contributed by atoms with Gasteiger partial charge in [0.05, 0.1) is 12.2 Å². The first kappa shape index (κ1) is 31.7. The normalized spacial score (nSPS) is 21.5. The average Bonchev–Trinajstić information content (AvgIpc) is 3.76. The maximum Gasteiger partial charge on any atom is 0.219 e. The molecule has 3 atom stereocenters. The number of fused-ring (bicyclic) bond motifs is 1. The van der Waals surface area contributed by atoms with Crippen LogP contribution in [-0.4, -0.2) is 95.1 Å². The van der Waals surface area contributed by atoms with Gasteiger partial charge in [0.15, 0.2) is 11.5 Å². The number of unbranched alkanes of at least 4 members (excludes halogenated alkanes) is 1. The van der Waals surface area contributed by atoms with Crippen molar-refractivity contribution in [1.29, 1.82) is 5.26 Å². The number of aryl methyl sites for hydroxylation is 1. The van der Waals surface area contributed by atoms with Gasteiger partial charge in [-0.25, -0.2) is 4.98 Å². The SMILES string of the molecule is CCCCc1c(-c2nc(O[C@@H](C)[C@@H]3CCCN3C)cc(N3CCN(CCO)CC3)n2)noc1[C@H]1CCCc2sc(N)c(C#N)c21. The van der Waals surface area contributed by atoms with Gasteiger partial charge in [-0.3, -0.25) is 9.80 Å². The highest BCUT2D eigenvalue weighted by Gasteiger charge is 2.35. The van der Waals surface area contributed by atoms with E-state index < -0.39 is 0 Å². The topological polar surface area (TPSA) is 141 Å². The fourth-order valence-electron chi connectivity index (χ4n) is 7.30. The Morgan fingerprint density at radius 3 is 2.73 bits per heavy atom. The minimum absolute atomic E-state index is 0.0314. The van der Waals surface area contributed by atoms with E-state index in [1.54, 1.807) is 0 Å². The molecule has 0 amide bonds. The summed E-state index contributed by atoms with van der Waals surface area (Å²) in [4.78, 5) is 18.2. The number of nitrogen functional groups attached to an aromatic ring is 1. The Bertz CT molecular complexity index is 1510. The molecule has 0 bridgehead atoms. The van der Waals surface area contributed by atoms with Gasteiger partial charge in [-0.15, -0.1) is 11.3 Å². The first-order valence-electron chi connectivity index (χ1n) is 16.6. The zero-order chi connectivity index (χ0) is 31.5. The van der Waals surface area contributed by atoms with Crippen LogP contribution >= 0.6 is 11.3 Å². The first-order valence-corrected chi connectivity index (χ1v) is 17.4. The zero-order valence-corrected chi connectivity index (χ0v) is 27.6. The molecule has 3 N–H and O–H groups in total. The summed E-state index contributed by atoms with van der Waals surface area (Å²) in [7, 11) is 2.16. The van der Waals surface area contributed by atoms with Crippen LogP contribution in [0.5, 0.6) is 5.88 Å². The number of likely N-dealkylation sites (tertiary alicyclic amines) is 1. The fourth-order valence-corrected chi connectivity index (χ4v) is 8.43. The highest BCUT2D eigenvalue weighted by molar-refractivity contribution is 7.16. The van der Waals surface area contributed by atoms with Gasteiger partial charge in [-0.1, -0.05) is 18.5 Å². The minimum Gasteiger partial charge on any atom is -0.473 e. The molecule has 1 aliphatic carbocycles. The number of aromatic nitrogens is 3. The number of nitrogens with two attached hydrogens (primary N) is 1. The Labute approximate surface area is 270 Å². The molecule has 3 aliphatic rings. The number of anilines is 2. The van der Waals surface area contributed by atoms with Crippen molar-refractivity contribution in [3.05, 3.63) is 33.4 Å². The lowest BCUT2D eigenvalue weighted by molar-refractivity contribution is 0.117. The summed E-state index contributed by atoms with van der Waals surface area (Å²) in [5.41, 5.74) is 9.57. The summed E-state index contributed by atoms with van der Waals surface area (Å²) in [6.07, 6.45) is 7.83. The van der Waals surface area contributed by atoms with Crippen molar-refractivity contribution in [2.24, 2.45) is 0 Å². The molecule has 3 aromatic rings. The molecular formula is C33H46N8O3S. The lowest BCUT2D eigenvalue weighted by Gasteiger charge is -2.35. The summed E-state index contributed by atoms with van der Waals surface area (Å²) in [6.45, 7) is 9.52. The van der Waals surface area contributed by atoms with Crippen LogP contribution in [0.25, 0.3) is 11.5 Å². The van der Waals surface area contributed by atoms with Crippen molar-refractivity contribution in [2.75, 3.05) is 63.6 Å². The molecule has 12 heteroatoms. The van der Waals surface area contributed by atoms with Crippen LogP contribution in [0.1, 0.15) is 85.6 Å². The fraction of sp³-hybridized carbons (Fsp3) is 0.636. The van der Waals surface area contributed by atoms with Crippen LogP contribution < -0.4 is 15.4 Å². The summed E-state index contributed by atoms with van der Waals surface area (Å²) in [6, 6.07) is 4.66. The van der Waals surface area contributed by atoms with Crippen molar-refractivity contribution in [1.82, 2.24) is 24.9 Å². The number of nitriles is 1. The number of aliphatic hydroxyl groups is 1. The summed E-state index contributed by atoms with van der Waals surface area (Å²) < 4.78 is 12.8. The van der Waals surface area contributed by atoms with E-state index in [-0.39, 0.29) is 18.6 Å². The van der Waals surface area contributed by atoms with E-state index in [2.05, 4.69) is 46.8 Å². The standard InChI is InChI=1S/C33H46N8O3S/c1-4-5-8-23-30(38-44-31(23)22-9-6-11-26-29(22)24(20-34)32(35)45-26)33-36-27(41-15-13-40(14-16-41)17-18-42)19-28(37-33)43-21(2)25-10-7-12-39(25)3/h19,21-22,25,42H,4-18,35H2,1-3H3/t21-,22-,25-/m0/s1. The Hall–Kier alpha value is -3.24. The number of aliphatic hydroxyl groups excluding tert-OH is 1. The third-order valence-corrected chi connectivity index (χ3v) is 10.9. The van der Waals surface area contributed by atoms with Crippen molar-refractivity contribution in [2.45, 2.75) is 83.3 Å². The van der Waals surface area contributed by atoms with Crippen LogP contribution in [-0.2, 0) is 12.8 Å². The predicted molar refractivity (Wildman–Crippen MR) is 176 cm³/mol. The van der Waals surface area contributed by atoms with Gasteiger partial charge in [-0.05, 0) is 71.0 Å². The van der Waals surface area contributed by atoms with Gasteiger partial charge in [0.1, 0.15) is 28.8 Å². The maximum atomic E-state index is 9.99. The number of hydrogen-bond donors (Lipinski definition) is 2. The summed E-state index contributed by atoms with van der Waals surface area (Å²) >= 11 is 1.53. The van der Waals surface area contributed by atoms with Crippen LogP contribution in [0.15, 0.2) is 10.6 Å². The van der Waals surface area contributed by atoms with Crippen molar-refractivity contribution >= 4 is 22.2 Å². The van der Waals surface area contributed by atoms with E-state index in [9.17, 15) is 10.4 Å². The largest absolute Gasteiger partial charge is 0.473 e. The van der Waals surface area contributed by atoms with Gasteiger partial charge in [0.2, 0.25) is 5.88 Å². The molecule has 45 heavy (non-hydrogen) atoms. The van der Waals surface area contributed by atoms with Crippen LogP contribution in [0.2, 0.25) is 0 Å². The third-order valence-electron chi connectivity index (χ3n) is 9.76. The van der Waals surface area contributed by atoms with Crippen molar-refractivity contribution < 1.29 is 14.4 Å². The predicted octanol–water partition coefficient (Wildman–Crippen LogP) is 4.43. The average molecular weight is 635 g/mol. The van der Waals surface area contributed by atoms with Gasteiger partial charge >= 0.3 is 0 Å². The Morgan fingerprint density at radius 1 is 1.20 bits per heavy atom. The molecule has 5 heterocycles. The number of β-amino-alcohol motifs (C(OH)–C–C–N with tert-alkyl or cyclic N) is 1. The number of ether oxygens (including phenoxy) is 1. The second-order valence-corrected chi connectivity index (χ2v) is 13.8. The molecule has 0 aromatic carbocycles. The highest BCUT2D eigenvalue weighted by atomic mass is 32.1. The van der Waals surface area contributed by atoms with E-state index in [0.717, 1.165) is 100 Å². The quantitative estimate of drug-likeness (QED) is 0.309. The molecule has 0 radical (unpaired) electrons. The zero-order valence-electron chi connectivity index (χ0n) is 26.8. The Balaban J connectivity index is 1.39. The van der Waals surface area contributed by atoms with E-state index in [1.807, 2.05) is 6.07 Å². The second-order valence-electron chi connectivity index (χ2n) is 12.7. The molecule has 2 saturated heterocycles. The number of piperazine rings is 1. The monoisotopic (exact) mass is 634 g/mol. The van der Waals surface area contributed by atoms with E-state index in [1.165, 1.54) is 22.6 Å². The molecule has 0 unspecified atom stereocenters. The van der Waals surface area contributed by atoms with Crippen molar-refractivity contribution in [3.63, 3.8) is 0 Å². The second kappa shape index (κ2) is 14.0. The molecule has 2 aliphatic heterocycles. The third kappa shape index (κ3) is 6.54. The van der Waals surface area contributed by atoms with E-state index >= 15 is 0 Å². The molecule has 2 fully saturated rings. The maximum absolute atomic E-state index is 9.99.